The predicted octanol–water partition coefficient (Wildman–Crippen LogP) is 3.44. The molecular formula is C33H43N5O9S. The van der Waals surface area contributed by atoms with Gasteiger partial charge in [-0.15, -0.1) is 0 Å². The maximum absolute atomic E-state index is 13.3. The Balaban J connectivity index is 1.54. The molecule has 14 nitrogen and oxygen atoms in total. The van der Waals surface area contributed by atoms with E-state index < -0.39 is 47.9 Å². The average Bonchev–Trinajstić information content (AvgIpc) is 3.44. The Labute approximate surface area is 283 Å². The molecule has 1 saturated heterocycles. The maximum atomic E-state index is 13.3. The number of urea groups is 1. The molecule has 2 aromatic rings. The van der Waals surface area contributed by atoms with E-state index >= 15 is 0 Å². The zero-order chi connectivity index (χ0) is 35.6. The third-order valence-electron chi connectivity index (χ3n) is 7.55. The van der Waals surface area contributed by atoms with Crippen LogP contribution in [0.5, 0.6) is 5.75 Å². The lowest BCUT2D eigenvalue weighted by molar-refractivity contribution is -0.143. The van der Waals surface area contributed by atoms with Crippen LogP contribution in [0.3, 0.4) is 0 Å². The van der Waals surface area contributed by atoms with Crippen molar-refractivity contribution in [3.63, 3.8) is 0 Å². The summed E-state index contributed by atoms with van der Waals surface area (Å²) in [7, 11) is 0. The number of hydrogen-bond acceptors (Lipinski definition) is 8. The molecule has 7 N–H and O–H groups in total. The van der Waals surface area contributed by atoms with E-state index in [0.29, 0.717) is 11.4 Å². The van der Waals surface area contributed by atoms with E-state index in [9.17, 15) is 44.1 Å². The second-order valence-corrected chi connectivity index (χ2v) is 14.0. The molecule has 0 spiro atoms. The number of benzene rings is 2. The minimum atomic E-state index is -1.27. The van der Waals surface area contributed by atoms with E-state index in [1.165, 1.54) is 24.0 Å². The third kappa shape index (κ3) is 11.8. The summed E-state index contributed by atoms with van der Waals surface area (Å²) in [5.41, 5.74) is 1.52. The molecule has 5 amide bonds. The number of amides is 5. The first-order valence-corrected chi connectivity index (χ1v) is 16.5. The lowest BCUT2D eigenvalue weighted by atomic mass is 9.92. The number of carbonyl (C=O) groups excluding carboxylic acids is 4. The van der Waals surface area contributed by atoms with Gasteiger partial charge in [0.2, 0.25) is 17.7 Å². The van der Waals surface area contributed by atoms with Crippen LogP contribution in [0.2, 0.25) is 0 Å². The SMILES string of the molecule is CC(=O)N1CC(c2ccc(NC(=O)Nc3ccc(O)cc3)cc2)CC1C(=O)NC(CCSCC(NC(=O)CC(C)(C)C)C(=O)O)C(=O)O. The lowest BCUT2D eigenvalue weighted by Gasteiger charge is -2.24. The smallest absolute Gasteiger partial charge is 0.327 e. The number of carboxylic acids is 2. The highest BCUT2D eigenvalue weighted by molar-refractivity contribution is 7.99. The van der Waals surface area contributed by atoms with Gasteiger partial charge in [-0.1, -0.05) is 32.9 Å². The third-order valence-corrected chi connectivity index (χ3v) is 8.64. The van der Waals surface area contributed by atoms with Gasteiger partial charge in [0.25, 0.3) is 0 Å². The number of hydrogen-bond donors (Lipinski definition) is 7. The summed E-state index contributed by atoms with van der Waals surface area (Å²) < 4.78 is 0. The van der Waals surface area contributed by atoms with Crippen molar-refractivity contribution in [3.8, 4) is 5.75 Å². The number of phenolic OH excluding ortho intramolecular Hbond substituents is 1. The molecule has 1 aliphatic heterocycles. The molecule has 1 fully saturated rings. The number of carboxylic acid groups (broad SMARTS) is 2. The Kier molecular flexibility index (Phi) is 13.2. The molecule has 0 bridgehead atoms. The van der Waals surface area contributed by atoms with Crippen molar-refractivity contribution in [2.24, 2.45) is 5.41 Å². The van der Waals surface area contributed by atoms with Gasteiger partial charge in [-0.2, -0.15) is 11.8 Å². The second-order valence-electron chi connectivity index (χ2n) is 12.8. The number of nitrogens with zero attached hydrogens (tertiary/aromatic N) is 1. The van der Waals surface area contributed by atoms with Crippen LogP contribution in [0.15, 0.2) is 48.5 Å². The Bertz CT molecular complexity index is 1480. The summed E-state index contributed by atoms with van der Waals surface area (Å²) in [6, 6.07) is 9.17. The van der Waals surface area contributed by atoms with Gasteiger partial charge in [-0.25, -0.2) is 14.4 Å². The molecule has 4 atom stereocenters. The highest BCUT2D eigenvalue weighted by atomic mass is 32.2. The number of phenols is 1. The first-order chi connectivity index (χ1) is 22.5. The van der Waals surface area contributed by atoms with Crippen LogP contribution in [0, 0.1) is 5.41 Å². The van der Waals surface area contributed by atoms with E-state index in [4.69, 9.17) is 0 Å². The van der Waals surface area contributed by atoms with E-state index in [-0.39, 0.29) is 60.3 Å². The summed E-state index contributed by atoms with van der Waals surface area (Å²) in [5.74, 6) is -3.72. The van der Waals surface area contributed by atoms with Gasteiger partial charge >= 0.3 is 18.0 Å². The standard InChI is InChI=1S/C33H43N5O9S/c1-19(39)38-17-21(20-5-7-22(8-6-20)34-32(47)35-23-9-11-24(40)12-10-23)15-27(38)29(42)37-25(30(43)44)13-14-48-18-26(31(45)46)36-28(41)16-33(2,3)4/h5-12,21,25-27,40H,13-18H2,1-4H3,(H,36,41)(H,37,42)(H,43,44)(H,45,46)(H2,34,35,47). The topological polar surface area (TPSA) is 214 Å². The highest BCUT2D eigenvalue weighted by Gasteiger charge is 2.40. The minimum absolute atomic E-state index is 0.000972. The van der Waals surface area contributed by atoms with Crippen LogP contribution in [-0.4, -0.2) is 92.1 Å². The van der Waals surface area contributed by atoms with Gasteiger partial charge in [-0.3, -0.25) is 14.4 Å². The quantitative estimate of drug-likeness (QED) is 0.114. The Hall–Kier alpha value is -4.79. The zero-order valence-electron chi connectivity index (χ0n) is 27.3. The molecule has 0 aromatic heterocycles. The Morgan fingerprint density at radius 1 is 0.875 bits per heavy atom. The zero-order valence-corrected chi connectivity index (χ0v) is 28.1. The summed E-state index contributed by atoms with van der Waals surface area (Å²) in [6.07, 6.45) is 0.409. The van der Waals surface area contributed by atoms with Crippen LogP contribution >= 0.6 is 11.8 Å². The van der Waals surface area contributed by atoms with E-state index in [0.717, 1.165) is 17.3 Å². The number of rotatable bonds is 14. The number of aromatic hydroxyl groups is 1. The normalized spacial score (nSPS) is 17.1. The highest BCUT2D eigenvalue weighted by Crippen LogP contribution is 2.33. The van der Waals surface area contributed by atoms with Crippen molar-refractivity contribution in [1.29, 1.82) is 0 Å². The molecule has 48 heavy (non-hydrogen) atoms. The number of carbonyl (C=O) groups is 6. The van der Waals surface area contributed by atoms with Crippen molar-refractivity contribution in [2.45, 2.75) is 71.0 Å². The largest absolute Gasteiger partial charge is 0.508 e. The number of aliphatic carboxylic acids is 2. The Morgan fingerprint density at radius 2 is 1.44 bits per heavy atom. The van der Waals surface area contributed by atoms with E-state index in [2.05, 4.69) is 21.3 Å². The van der Waals surface area contributed by atoms with Crippen LogP contribution in [0.25, 0.3) is 0 Å². The Morgan fingerprint density at radius 3 is 1.96 bits per heavy atom. The van der Waals surface area contributed by atoms with E-state index in [1.807, 2.05) is 20.8 Å². The fraction of sp³-hybridized carbons (Fsp3) is 0.455. The fourth-order valence-electron chi connectivity index (χ4n) is 5.18. The molecule has 1 heterocycles. The number of thioether (sulfide) groups is 1. The summed E-state index contributed by atoms with van der Waals surface area (Å²) in [5, 5.41) is 39.1. The van der Waals surface area contributed by atoms with Gasteiger partial charge in [0.15, 0.2) is 0 Å². The minimum Gasteiger partial charge on any atom is -0.508 e. The maximum Gasteiger partial charge on any atom is 0.327 e. The number of anilines is 2. The number of likely N-dealkylation sites (tertiary alicyclic amines) is 1. The first-order valence-electron chi connectivity index (χ1n) is 15.4. The van der Waals surface area contributed by atoms with Gasteiger partial charge in [-0.05, 0) is 66.0 Å². The van der Waals surface area contributed by atoms with Gasteiger partial charge in [0.1, 0.15) is 23.9 Å². The average molecular weight is 686 g/mol. The summed E-state index contributed by atoms with van der Waals surface area (Å²) >= 11 is 1.15. The van der Waals surface area contributed by atoms with E-state index in [1.54, 1.807) is 36.4 Å². The predicted molar refractivity (Wildman–Crippen MR) is 181 cm³/mol. The number of nitrogens with one attached hydrogen (secondary N) is 4. The van der Waals surface area contributed by atoms with Crippen LogP contribution < -0.4 is 21.3 Å². The fourth-order valence-corrected chi connectivity index (χ4v) is 6.21. The van der Waals surface area contributed by atoms with Crippen LogP contribution in [0.1, 0.15) is 58.4 Å². The van der Waals surface area contributed by atoms with Crippen LogP contribution in [0.4, 0.5) is 16.2 Å². The van der Waals surface area contributed by atoms with Gasteiger partial charge < -0.3 is 41.5 Å². The first kappa shape index (κ1) is 37.7. The molecule has 15 heteroatoms. The molecule has 260 valence electrons. The molecular weight excluding hydrogens is 642 g/mol. The van der Waals surface area contributed by atoms with Crippen LogP contribution in [-0.2, 0) is 24.0 Å². The monoisotopic (exact) mass is 685 g/mol. The van der Waals surface area contributed by atoms with Crippen molar-refractivity contribution in [3.05, 3.63) is 54.1 Å². The van der Waals surface area contributed by atoms with Crippen molar-refractivity contribution >= 4 is 58.8 Å². The molecule has 4 unspecified atom stereocenters. The lowest BCUT2D eigenvalue weighted by Crippen LogP contribution is -2.50. The molecule has 3 rings (SSSR count). The van der Waals surface area contributed by atoms with Crippen molar-refractivity contribution in [1.82, 2.24) is 15.5 Å². The molecule has 0 aliphatic carbocycles. The second kappa shape index (κ2) is 16.9. The molecule has 0 radical (unpaired) electrons. The van der Waals surface area contributed by atoms with Gasteiger partial charge in [0.05, 0.1) is 0 Å². The van der Waals surface area contributed by atoms with Crippen molar-refractivity contribution < 1.29 is 44.1 Å². The molecule has 1 aliphatic rings. The summed E-state index contributed by atoms with van der Waals surface area (Å²) in [4.78, 5) is 75.3. The van der Waals surface area contributed by atoms with Crippen molar-refractivity contribution in [2.75, 3.05) is 28.7 Å². The summed E-state index contributed by atoms with van der Waals surface area (Å²) in [6.45, 7) is 7.17. The van der Waals surface area contributed by atoms with Gasteiger partial charge in [0, 0.05) is 42.9 Å². The molecule has 0 saturated carbocycles. The molecule has 2 aromatic carbocycles.